The van der Waals surface area contributed by atoms with E-state index in [0.717, 1.165) is 36.9 Å². The molecule has 162 valence electrons. The van der Waals surface area contributed by atoms with Crippen LogP contribution in [0.3, 0.4) is 0 Å². The summed E-state index contributed by atoms with van der Waals surface area (Å²) in [4.78, 5) is 17.3. The lowest BCUT2D eigenvalue weighted by Crippen LogP contribution is -2.46. The molecule has 8 heteroatoms. The summed E-state index contributed by atoms with van der Waals surface area (Å²) in [5.74, 6) is 0.502. The number of nitrogens with zero attached hydrogens (tertiary/aromatic N) is 4. The fourth-order valence-corrected chi connectivity index (χ4v) is 4.46. The van der Waals surface area contributed by atoms with E-state index in [1.54, 1.807) is 31.4 Å². The molecule has 1 aliphatic heterocycles. The van der Waals surface area contributed by atoms with Crippen LogP contribution >= 0.6 is 11.3 Å². The average molecular weight is 438 g/mol. The number of amides is 1. The number of benzene rings is 2. The van der Waals surface area contributed by atoms with Gasteiger partial charge in [-0.3, -0.25) is 9.69 Å². The Bertz CT molecular complexity index is 1040. The Morgan fingerprint density at radius 1 is 1.06 bits per heavy atom. The smallest absolute Gasteiger partial charge is 0.286 e. The lowest BCUT2D eigenvalue weighted by atomic mass is 10.1. The van der Waals surface area contributed by atoms with Crippen molar-refractivity contribution in [2.24, 2.45) is 0 Å². The maximum absolute atomic E-state index is 12.5. The van der Waals surface area contributed by atoms with Crippen LogP contribution in [0.5, 0.6) is 5.75 Å². The Kier molecular flexibility index (Phi) is 6.48. The highest BCUT2D eigenvalue weighted by molar-refractivity contribution is 7.13. The minimum Gasteiger partial charge on any atom is -0.497 e. The molecule has 31 heavy (non-hydrogen) atoms. The Hall–Kier alpha value is -2.97. The fraction of sp³-hybridized carbons (Fsp3) is 0.348. The molecule has 0 saturated carbocycles. The highest BCUT2D eigenvalue weighted by atomic mass is 32.1. The molecular weight excluding hydrogens is 410 g/mol. The molecule has 2 aromatic carbocycles. The van der Waals surface area contributed by atoms with E-state index in [1.165, 1.54) is 28.2 Å². The number of carbonyl (C=O) groups is 1. The van der Waals surface area contributed by atoms with Crippen molar-refractivity contribution in [1.29, 1.82) is 0 Å². The molecule has 2 heterocycles. The van der Waals surface area contributed by atoms with Crippen LogP contribution in [0.25, 0.3) is 0 Å². The van der Waals surface area contributed by atoms with Crippen LogP contribution in [0.15, 0.2) is 42.5 Å². The highest BCUT2D eigenvalue weighted by Gasteiger charge is 2.21. The molecule has 1 fully saturated rings. The number of anilines is 2. The molecule has 0 spiro atoms. The van der Waals surface area contributed by atoms with Crippen LogP contribution in [0.2, 0.25) is 0 Å². The van der Waals surface area contributed by atoms with Gasteiger partial charge in [-0.1, -0.05) is 23.5 Å². The van der Waals surface area contributed by atoms with Crippen molar-refractivity contribution < 1.29 is 9.53 Å². The Labute approximate surface area is 186 Å². The molecule has 1 N–H and O–H groups in total. The first kappa shape index (κ1) is 21.3. The molecule has 0 aliphatic carbocycles. The minimum atomic E-state index is -0.242. The van der Waals surface area contributed by atoms with Crippen molar-refractivity contribution in [3.8, 4) is 5.75 Å². The van der Waals surface area contributed by atoms with Gasteiger partial charge < -0.3 is 15.0 Å². The molecular formula is C23H27N5O2S. The van der Waals surface area contributed by atoms with Crippen molar-refractivity contribution in [3.05, 3.63) is 63.6 Å². The van der Waals surface area contributed by atoms with Crippen LogP contribution in [0, 0.1) is 13.8 Å². The van der Waals surface area contributed by atoms with Gasteiger partial charge in [-0.2, -0.15) is 0 Å². The van der Waals surface area contributed by atoms with Gasteiger partial charge in [0.1, 0.15) is 10.8 Å². The van der Waals surface area contributed by atoms with Gasteiger partial charge in [0.2, 0.25) is 5.01 Å². The minimum absolute atomic E-state index is 0.242. The Morgan fingerprint density at radius 2 is 1.81 bits per heavy atom. The maximum atomic E-state index is 12.5. The molecule has 4 rings (SSSR count). The predicted octanol–water partition coefficient (Wildman–Crippen LogP) is 3.74. The first-order chi connectivity index (χ1) is 15.0. The molecule has 1 amide bonds. The van der Waals surface area contributed by atoms with Crippen molar-refractivity contribution in [2.45, 2.75) is 20.4 Å². The highest BCUT2D eigenvalue weighted by Crippen LogP contribution is 2.24. The molecule has 1 aromatic heterocycles. The molecule has 0 unspecified atom stereocenters. The third-order valence-electron chi connectivity index (χ3n) is 5.66. The van der Waals surface area contributed by atoms with Gasteiger partial charge in [-0.15, -0.1) is 10.2 Å². The van der Waals surface area contributed by atoms with E-state index in [1.807, 2.05) is 0 Å². The second kappa shape index (κ2) is 9.45. The largest absolute Gasteiger partial charge is 0.497 e. The second-order valence-corrected chi connectivity index (χ2v) is 8.73. The second-order valence-electron chi connectivity index (χ2n) is 7.67. The monoisotopic (exact) mass is 437 g/mol. The SMILES string of the molecule is COc1ccc(NC(=O)c2nnc(CN3CCN(c4cccc(C)c4C)CC3)s2)cc1. The predicted molar refractivity (Wildman–Crippen MR) is 124 cm³/mol. The third-order valence-corrected chi connectivity index (χ3v) is 6.56. The van der Waals surface area contributed by atoms with Gasteiger partial charge in [0, 0.05) is 37.6 Å². The van der Waals surface area contributed by atoms with Gasteiger partial charge in [-0.05, 0) is 55.3 Å². The number of aromatic nitrogens is 2. The van der Waals surface area contributed by atoms with E-state index in [-0.39, 0.29) is 5.91 Å². The van der Waals surface area contributed by atoms with Crippen LogP contribution in [-0.2, 0) is 6.54 Å². The van der Waals surface area contributed by atoms with Crippen LogP contribution in [-0.4, -0.2) is 54.3 Å². The topological polar surface area (TPSA) is 70.6 Å². The van der Waals surface area contributed by atoms with E-state index < -0.39 is 0 Å². The van der Waals surface area contributed by atoms with E-state index in [2.05, 4.69) is 57.4 Å². The van der Waals surface area contributed by atoms with Gasteiger partial charge in [0.15, 0.2) is 0 Å². The summed E-state index contributed by atoms with van der Waals surface area (Å²) < 4.78 is 5.14. The van der Waals surface area contributed by atoms with Crippen molar-refractivity contribution in [2.75, 3.05) is 43.5 Å². The molecule has 0 atom stereocenters. The van der Waals surface area contributed by atoms with E-state index in [9.17, 15) is 4.79 Å². The molecule has 1 aliphatic rings. The zero-order valence-corrected chi connectivity index (χ0v) is 18.9. The van der Waals surface area contributed by atoms with Gasteiger partial charge in [0.05, 0.1) is 13.7 Å². The zero-order chi connectivity index (χ0) is 21.8. The number of carbonyl (C=O) groups excluding carboxylic acids is 1. The fourth-order valence-electron chi connectivity index (χ4n) is 3.68. The van der Waals surface area contributed by atoms with Crippen molar-refractivity contribution in [1.82, 2.24) is 15.1 Å². The molecule has 0 radical (unpaired) electrons. The van der Waals surface area contributed by atoms with Crippen LogP contribution in [0.4, 0.5) is 11.4 Å². The molecule has 7 nitrogen and oxygen atoms in total. The van der Waals surface area contributed by atoms with E-state index in [4.69, 9.17) is 4.74 Å². The summed E-state index contributed by atoms with van der Waals surface area (Å²) in [7, 11) is 1.61. The normalized spacial score (nSPS) is 14.5. The van der Waals surface area contributed by atoms with E-state index >= 15 is 0 Å². The summed E-state index contributed by atoms with van der Waals surface area (Å²) in [5.41, 5.74) is 4.71. The molecule has 0 bridgehead atoms. The number of piperazine rings is 1. The number of nitrogens with one attached hydrogen (secondary N) is 1. The summed E-state index contributed by atoms with van der Waals surface area (Å²) in [5, 5.41) is 12.4. The van der Waals surface area contributed by atoms with Crippen LogP contribution < -0.4 is 15.0 Å². The molecule has 3 aromatic rings. The maximum Gasteiger partial charge on any atom is 0.286 e. The zero-order valence-electron chi connectivity index (χ0n) is 18.1. The first-order valence-electron chi connectivity index (χ1n) is 10.3. The van der Waals surface area contributed by atoms with Gasteiger partial charge >= 0.3 is 0 Å². The van der Waals surface area contributed by atoms with Gasteiger partial charge in [-0.25, -0.2) is 0 Å². The lowest BCUT2D eigenvalue weighted by Gasteiger charge is -2.36. The van der Waals surface area contributed by atoms with Crippen molar-refractivity contribution in [3.63, 3.8) is 0 Å². The standard InChI is InChI=1S/C23H27N5O2S/c1-16-5-4-6-20(17(16)2)28-13-11-27(12-14-28)15-21-25-26-23(31-21)22(29)24-18-7-9-19(30-3)10-8-18/h4-10H,11-15H2,1-3H3,(H,24,29). The van der Waals surface area contributed by atoms with E-state index in [0.29, 0.717) is 17.2 Å². The number of hydrogen-bond acceptors (Lipinski definition) is 7. The summed E-state index contributed by atoms with van der Waals surface area (Å²) in [6.07, 6.45) is 0. The number of rotatable bonds is 6. The quantitative estimate of drug-likeness (QED) is 0.634. The summed E-state index contributed by atoms with van der Waals surface area (Å²) in [6, 6.07) is 13.7. The number of ether oxygens (including phenoxy) is 1. The van der Waals surface area contributed by atoms with Crippen molar-refractivity contribution >= 4 is 28.6 Å². The summed E-state index contributed by atoms with van der Waals surface area (Å²) >= 11 is 1.35. The number of methoxy groups -OCH3 is 1. The Morgan fingerprint density at radius 3 is 2.52 bits per heavy atom. The third kappa shape index (κ3) is 5.03. The number of hydrogen-bond donors (Lipinski definition) is 1. The Balaban J connectivity index is 1.31. The summed E-state index contributed by atoms with van der Waals surface area (Å²) in [6.45, 7) is 8.94. The lowest BCUT2D eigenvalue weighted by molar-refractivity contribution is 0.102. The molecule has 1 saturated heterocycles. The van der Waals surface area contributed by atoms with Gasteiger partial charge in [0.25, 0.3) is 5.91 Å². The first-order valence-corrected chi connectivity index (χ1v) is 11.2. The van der Waals surface area contributed by atoms with Crippen LogP contribution in [0.1, 0.15) is 25.9 Å². The number of aryl methyl sites for hydroxylation is 1. The average Bonchev–Trinajstić information content (AvgIpc) is 3.25.